The minimum atomic E-state index is -4.39. The van der Waals surface area contributed by atoms with Gasteiger partial charge in [0.25, 0.3) is 0 Å². The average molecular weight is 408 g/mol. The normalized spacial score (nSPS) is 24.4. The zero-order valence-corrected chi connectivity index (χ0v) is 16.7. The summed E-state index contributed by atoms with van der Waals surface area (Å²) in [6.45, 7) is 3.98. The fraction of sp³-hybridized carbons (Fsp3) is 0.455. The molecule has 1 aromatic carbocycles. The topological polar surface area (TPSA) is 52.6 Å². The molecule has 0 spiro atoms. The quantitative estimate of drug-likeness (QED) is 0.539. The third kappa shape index (κ3) is 3.36. The van der Waals surface area contributed by atoms with Crippen LogP contribution in [0.4, 0.5) is 13.2 Å². The Kier molecular flexibility index (Phi) is 5.13. The maximum atomic E-state index is 12.9. The average Bonchev–Trinajstić information content (AvgIpc) is 3.08. The fourth-order valence-corrected chi connectivity index (χ4v) is 4.57. The number of hydrogen-bond donors (Lipinski definition) is 0. The summed E-state index contributed by atoms with van der Waals surface area (Å²) in [6.07, 6.45) is 1.16. The van der Waals surface area contributed by atoms with Gasteiger partial charge in [-0.1, -0.05) is 44.2 Å². The van der Waals surface area contributed by atoms with Gasteiger partial charge in [-0.25, -0.2) is 0 Å². The van der Waals surface area contributed by atoms with Gasteiger partial charge >= 0.3 is 18.1 Å². The van der Waals surface area contributed by atoms with Crippen molar-refractivity contribution in [3.05, 3.63) is 59.2 Å². The van der Waals surface area contributed by atoms with Crippen molar-refractivity contribution >= 4 is 11.9 Å². The minimum Gasteiger partial charge on any atom is -0.468 e. The number of hydrogen-bond acceptors (Lipinski definition) is 4. The van der Waals surface area contributed by atoms with Gasteiger partial charge < -0.3 is 9.47 Å². The highest BCUT2D eigenvalue weighted by molar-refractivity contribution is 6.03. The van der Waals surface area contributed by atoms with E-state index in [1.807, 2.05) is 26.0 Å². The van der Waals surface area contributed by atoms with Gasteiger partial charge in [0.05, 0.1) is 19.8 Å². The lowest BCUT2D eigenvalue weighted by Gasteiger charge is -2.43. The van der Waals surface area contributed by atoms with E-state index in [0.29, 0.717) is 0 Å². The van der Waals surface area contributed by atoms with Crippen molar-refractivity contribution in [3.8, 4) is 0 Å². The van der Waals surface area contributed by atoms with E-state index in [4.69, 9.17) is 9.47 Å². The summed E-state index contributed by atoms with van der Waals surface area (Å²) in [5, 5.41) is 0. The molecule has 7 heteroatoms. The van der Waals surface area contributed by atoms with Crippen molar-refractivity contribution in [2.45, 2.75) is 32.4 Å². The van der Waals surface area contributed by atoms with Crippen LogP contribution in [-0.4, -0.2) is 26.2 Å². The van der Waals surface area contributed by atoms with Gasteiger partial charge in [-0.15, -0.1) is 0 Å². The molecule has 2 atom stereocenters. The summed E-state index contributed by atoms with van der Waals surface area (Å²) >= 11 is 0. The van der Waals surface area contributed by atoms with Crippen molar-refractivity contribution in [3.63, 3.8) is 0 Å². The highest BCUT2D eigenvalue weighted by Crippen LogP contribution is 2.57. The maximum absolute atomic E-state index is 12.9. The van der Waals surface area contributed by atoms with Crippen LogP contribution < -0.4 is 0 Å². The molecule has 3 rings (SSSR count). The van der Waals surface area contributed by atoms with Crippen molar-refractivity contribution < 1.29 is 32.2 Å². The summed E-state index contributed by atoms with van der Waals surface area (Å²) in [7, 11) is 2.44. The minimum absolute atomic E-state index is 0.169. The fourth-order valence-electron chi connectivity index (χ4n) is 4.57. The van der Waals surface area contributed by atoms with Crippen molar-refractivity contribution in [2.24, 2.45) is 16.7 Å². The number of halogens is 3. The van der Waals surface area contributed by atoms with Crippen molar-refractivity contribution in [1.82, 2.24) is 0 Å². The molecule has 0 bridgehead atoms. The maximum Gasteiger partial charge on any atom is 0.416 e. The number of ether oxygens (including phenoxy) is 2. The summed E-state index contributed by atoms with van der Waals surface area (Å²) in [4.78, 5) is 25.0. The van der Waals surface area contributed by atoms with Crippen LogP contribution in [0, 0.1) is 16.7 Å². The third-order valence-corrected chi connectivity index (χ3v) is 6.22. The first-order valence-electron chi connectivity index (χ1n) is 9.22. The van der Waals surface area contributed by atoms with Crippen LogP contribution in [0.15, 0.2) is 48.1 Å². The largest absolute Gasteiger partial charge is 0.468 e. The molecule has 4 nitrogen and oxygen atoms in total. The second-order valence-corrected chi connectivity index (χ2v) is 8.13. The molecule has 0 heterocycles. The van der Waals surface area contributed by atoms with E-state index >= 15 is 0 Å². The van der Waals surface area contributed by atoms with E-state index in [-0.39, 0.29) is 18.3 Å². The molecule has 0 fully saturated rings. The summed E-state index contributed by atoms with van der Waals surface area (Å²) in [5.41, 5.74) is -1.10. The van der Waals surface area contributed by atoms with Gasteiger partial charge in [0, 0.05) is 5.92 Å². The predicted molar refractivity (Wildman–Crippen MR) is 99.8 cm³/mol. The monoisotopic (exact) mass is 408 g/mol. The number of allylic oxidation sites excluding steroid dienone is 3. The zero-order chi connectivity index (χ0) is 21.6. The van der Waals surface area contributed by atoms with E-state index < -0.39 is 34.5 Å². The Morgan fingerprint density at radius 1 is 1.03 bits per heavy atom. The molecule has 0 unspecified atom stereocenters. The SMILES string of the molecule is COC(=O)C1(C(=O)OC)C=C2C=C[C@@H](c3ccc(C(F)(F)F)cc3)C(C)(C)[C@@H]2C1. The highest BCUT2D eigenvalue weighted by atomic mass is 19.4. The number of methoxy groups -OCH3 is 2. The lowest BCUT2D eigenvalue weighted by molar-refractivity contribution is -0.165. The molecule has 0 saturated heterocycles. The molecule has 0 aliphatic heterocycles. The highest BCUT2D eigenvalue weighted by Gasteiger charge is 2.57. The molecule has 156 valence electrons. The molecular formula is C22H23F3O4. The van der Waals surface area contributed by atoms with E-state index in [2.05, 4.69) is 0 Å². The second kappa shape index (κ2) is 7.04. The Balaban J connectivity index is 1.97. The van der Waals surface area contributed by atoms with E-state index in [9.17, 15) is 22.8 Å². The summed E-state index contributed by atoms with van der Waals surface area (Å²) in [5.74, 6) is -1.71. The zero-order valence-electron chi connectivity index (χ0n) is 16.7. The third-order valence-electron chi connectivity index (χ3n) is 6.22. The van der Waals surface area contributed by atoms with Crippen LogP contribution in [0.3, 0.4) is 0 Å². The Bertz CT molecular complexity index is 862. The predicted octanol–water partition coefficient (Wildman–Crippen LogP) is 4.66. The molecule has 1 aromatic rings. The molecular weight excluding hydrogens is 385 g/mol. The standard InChI is InChI=1S/C22H23F3O4/c1-20(2)16(13-5-8-15(9-6-13)22(23,24)25)10-7-14-11-21(12-17(14)20,18(26)28-3)19(27)29-4/h5-11,16-17H,12H2,1-4H3/t16-,17+/m0/s1. The van der Waals surface area contributed by atoms with Gasteiger partial charge in [-0.2, -0.15) is 13.2 Å². The summed E-state index contributed by atoms with van der Waals surface area (Å²) < 4.78 is 48.4. The lowest BCUT2D eigenvalue weighted by Crippen LogP contribution is -2.41. The van der Waals surface area contributed by atoms with Crippen molar-refractivity contribution in [2.75, 3.05) is 14.2 Å². The molecule has 0 N–H and O–H groups in total. The van der Waals surface area contributed by atoms with Crippen LogP contribution in [0.1, 0.15) is 37.3 Å². The molecule has 0 amide bonds. The first kappa shape index (κ1) is 21.1. The van der Waals surface area contributed by atoms with Gasteiger partial charge in [-0.3, -0.25) is 9.59 Å². The van der Waals surface area contributed by atoms with Gasteiger partial charge in [0.2, 0.25) is 0 Å². The first-order valence-corrected chi connectivity index (χ1v) is 9.22. The Hall–Kier alpha value is -2.57. The van der Waals surface area contributed by atoms with E-state index in [1.165, 1.54) is 26.4 Å². The Morgan fingerprint density at radius 3 is 2.07 bits per heavy atom. The van der Waals surface area contributed by atoms with Crippen LogP contribution >= 0.6 is 0 Å². The number of fused-ring (bicyclic) bond motifs is 1. The summed E-state index contributed by atoms with van der Waals surface area (Å²) in [6, 6.07) is 5.12. The number of esters is 2. The molecule has 2 aliphatic rings. The molecule has 29 heavy (non-hydrogen) atoms. The molecule has 0 radical (unpaired) electrons. The number of rotatable bonds is 3. The van der Waals surface area contributed by atoms with Crippen LogP contribution in [0.5, 0.6) is 0 Å². The molecule has 2 aliphatic carbocycles. The van der Waals surface area contributed by atoms with Crippen LogP contribution in [0.25, 0.3) is 0 Å². The number of benzene rings is 1. The number of carbonyl (C=O) groups is 2. The Labute approximate surface area is 167 Å². The van der Waals surface area contributed by atoms with Crippen LogP contribution in [0.2, 0.25) is 0 Å². The smallest absolute Gasteiger partial charge is 0.416 e. The molecule has 0 saturated carbocycles. The lowest BCUT2D eigenvalue weighted by atomic mass is 9.61. The van der Waals surface area contributed by atoms with Gasteiger partial charge in [-0.05, 0) is 41.0 Å². The molecule has 0 aromatic heterocycles. The van der Waals surface area contributed by atoms with E-state index in [0.717, 1.165) is 23.3 Å². The van der Waals surface area contributed by atoms with Gasteiger partial charge in [0.15, 0.2) is 5.41 Å². The number of alkyl halides is 3. The number of carbonyl (C=O) groups excluding carboxylic acids is 2. The Morgan fingerprint density at radius 2 is 1.59 bits per heavy atom. The second-order valence-electron chi connectivity index (χ2n) is 8.13. The van der Waals surface area contributed by atoms with E-state index in [1.54, 1.807) is 6.08 Å². The van der Waals surface area contributed by atoms with Crippen LogP contribution in [-0.2, 0) is 25.2 Å². The first-order chi connectivity index (χ1) is 13.5. The van der Waals surface area contributed by atoms with Crippen molar-refractivity contribution in [1.29, 1.82) is 0 Å². The van der Waals surface area contributed by atoms with Gasteiger partial charge in [0.1, 0.15) is 0 Å².